The van der Waals surface area contributed by atoms with Crippen molar-refractivity contribution in [3.05, 3.63) is 54.0 Å². The van der Waals surface area contributed by atoms with Crippen LogP contribution >= 0.6 is 0 Å². The molecular weight excluding hydrogens is 562 g/mol. The van der Waals surface area contributed by atoms with Crippen LogP contribution in [0.2, 0.25) is 0 Å². The highest BCUT2D eigenvalue weighted by Crippen LogP contribution is 2.37. The molecule has 1 saturated heterocycles. The summed E-state index contributed by atoms with van der Waals surface area (Å²) in [5.41, 5.74) is 11.1. The van der Waals surface area contributed by atoms with Crippen LogP contribution in [0.15, 0.2) is 42.7 Å². The molecule has 1 aromatic carbocycles. The fraction of sp³-hybridized carbons (Fsp3) is 0.406. The number of likely N-dealkylation sites (N-methyl/N-ethyl adjacent to an activating group) is 1. The van der Waals surface area contributed by atoms with E-state index in [-0.39, 0.29) is 23.4 Å². The van der Waals surface area contributed by atoms with Crippen LogP contribution in [0.5, 0.6) is 5.75 Å². The summed E-state index contributed by atoms with van der Waals surface area (Å²) < 4.78 is 7.36. The summed E-state index contributed by atoms with van der Waals surface area (Å²) in [6.45, 7) is 4.44. The number of piperidine rings is 1. The summed E-state index contributed by atoms with van der Waals surface area (Å²) >= 11 is 0. The van der Waals surface area contributed by atoms with E-state index in [1.165, 1.54) is 11.4 Å². The molecule has 0 radical (unpaired) electrons. The van der Waals surface area contributed by atoms with Crippen molar-refractivity contribution in [2.45, 2.75) is 32.6 Å². The number of pyridine rings is 1. The first-order valence-corrected chi connectivity index (χ1v) is 14.8. The van der Waals surface area contributed by atoms with Crippen molar-refractivity contribution in [1.29, 1.82) is 0 Å². The zero-order chi connectivity index (χ0) is 31.2. The van der Waals surface area contributed by atoms with Gasteiger partial charge in [-0.2, -0.15) is 9.61 Å². The summed E-state index contributed by atoms with van der Waals surface area (Å²) in [5.74, 6) is 0.443. The molecule has 0 unspecified atom stereocenters. The van der Waals surface area contributed by atoms with Crippen LogP contribution in [0.3, 0.4) is 0 Å². The Kier molecular flexibility index (Phi) is 7.72. The van der Waals surface area contributed by atoms with Crippen molar-refractivity contribution in [2.75, 3.05) is 57.1 Å². The van der Waals surface area contributed by atoms with Gasteiger partial charge in [0, 0.05) is 48.9 Å². The number of fused-ring (bicyclic) bond motifs is 2. The predicted molar refractivity (Wildman–Crippen MR) is 166 cm³/mol. The Morgan fingerprint density at radius 2 is 1.80 bits per heavy atom. The van der Waals surface area contributed by atoms with Crippen molar-refractivity contribution in [2.24, 2.45) is 5.41 Å². The molecule has 3 aromatic heterocycles. The second kappa shape index (κ2) is 11.5. The van der Waals surface area contributed by atoms with Crippen LogP contribution in [-0.4, -0.2) is 92.9 Å². The Hall–Kier alpha value is -4.55. The predicted octanol–water partition coefficient (Wildman–Crippen LogP) is 2.77. The van der Waals surface area contributed by atoms with E-state index in [9.17, 15) is 19.8 Å². The molecule has 0 aliphatic carbocycles. The first kappa shape index (κ1) is 29.5. The standard InChI is InChI=1S/C32H37N7O5/c1-19(42)27-28(20-8-10-38(11-9-20)31(43)32(2,17-40)18-41)36-30-23(16-35-39(30)29(27)33)22-4-6-24(34-15-22)21-5-7-25-26(14-21)44-13-12-37(25)3/h4-7,14-16,20,40-41H,8-13,17-18,33H2,1-3H3. The lowest BCUT2D eigenvalue weighted by atomic mass is 9.86. The summed E-state index contributed by atoms with van der Waals surface area (Å²) in [6, 6.07) is 10.00. The average molecular weight is 600 g/mol. The minimum absolute atomic E-state index is 0.117. The fourth-order valence-corrected chi connectivity index (χ4v) is 6.06. The first-order valence-electron chi connectivity index (χ1n) is 14.8. The monoisotopic (exact) mass is 599 g/mol. The molecule has 0 saturated carbocycles. The number of carbonyl (C=O) groups is 2. The lowest BCUT2D eigenvalue weighted by Gasteiger charge is -2.37. The molecule has 6 rings (SSSR count). The summed E-state index contributed by atoms with van der Waals surface area (Å²) in [5, 5.41) is 23.8. The molecule has 1 fully saturated rings. The Labute approximate surface area is 255 Å². The Morgan fingerprint density at radius 1 is 1.07 bits per heavy atom. The first-order chi connectivity index (χ1) is 21.1. The van der Waals surface area contributed by atoms with Crippen LogP contribution < -0.4 is 15.4 Å². The molecule has 0 spiro atoms. The summed E-state index contributed by atoms with van der Waals surface area (Å²) in [7, 11) is 2.05. The molecule has 1 amide bonds. The van der Waals surface area contributed by atoms with Gasteiger partial charge < -0.3 is 30.5 Å². The van der Waals surface area contributed by atoms with Gasteiger partial charge in [0.15, 0.2) is 11.4 Å². The van der Waals surface area contributed by atoms with Crippen molar-refractivity contribution in [3.63, 3.8) is 0 Å². The average Bonchev–Trinajstić information content (AvgIpc) is 3.48. The van der Waals surface area contributed by atoms with Gasteiger partial charge in [-0.1, -0.05) is 12.1 Å². The highest BCUT2D eigenvalue weighted by molar-refractivity contribution is 6.00. The number of nitrogens with two attached hydrogens (primary N) is 1. The van der Waals surface area contributed by atoms with Crippen LogP contribution in [0.4, 0.5) is 11.5 Å². The van der Waals surface area contributed by atoms with Gasteiger partial charge >= 0.3 is 0 Å². The molecule has 2 aliphatic heterocycles. The van der Waals surface area contributed by atoms with Crippen LogP contribution in [0.25, 0.3) is 28.0 Å². The highest BCUT2D eigenvalue weighted by Gasteiger charge is 2.38. The number of aliphatic hydroxyl groups excluding tert-OH is 2. The number of ketones is 1. The van der Waals surface area contributed by atoms with Gasteiger partial charge in [-0.25, -0.2) is 4.98 Å². The maximum absolute atomic E-state index is 13.0. The van der Waals surface area contributed by atoms with E-state index in [0.717, 1.165) is 40.4 Å². The third-order valence-corrected chi connectivity index (χ3v) is 8.87. The number of Topliss-reactive ketones (excluding diaryl/α,β-unsaturated/α-hetero) is 1. The zero-order valence-corrected chi connectivity index (χ0v) is 25.2. The number of hydrogen-bond donors (Lipinski definition) is 3. The molecule has 44 heavy (non-hydrogen) atoms. The smallest absolute Gasteiger partial charge is 0.233 e. The number of amides is 1. The van der Waals surface area contributed by atoms with Crippen molar-refractivity contribution < 1.29 is 24.5 Å². The third kappa shape index (κ3) is 5.03. The van der Waals surface area contributed by atoms with Gasteiger partial charge in [0.25, 0.3) is 0 Å². The third-order valence-electron chi connectivity index (χ3n) is 8.87. The number of ether oxygens (including phenoxy) is 1. The number of nitrogens with zero attached hydrogens (tertiary/aromatic N) is 6. The summed E-state index contributed by atoms with van der Waals surface area (Å²) in [4.78, 5) is 39.3. The molecule has 12 heteroatoms. The van der Waals surface area contributed by atoms with Gasteiger partial charge in [0.05, 0.1) is 54.0 Å². The van der Waals surface area contributed by atoms with Crippen molar-refractivity contribution in [3.8, 4) is 28.1 Å². The lowest BCUT2D eigenvalue weighted by molar-refractivity contribution is -0.147. The Bertz CT molecular complexity index is 1720. The van der Waals surface area contributed by atoms with E-state index < -0.39 is 18.6 Å². The fourth-order valence-electron chi connectivity index (χ4n) is 6.06. The number of nitrogen functional groups attached to an aromatic ring is 1. The van der Waals surface area contributed by atoms with E-state index in [2.05, 4.69) is 10.00 Å². The number of hydrogen-bond acceptors (Lipinski definition) is 10. The number of aliphatic hydroxyl groups is 2. The molecule has 4 N–H and O–H groups in total. The molecule has 4 aromatic rings. The quantitative estimate of drug-likeness (QED) is 0.270. The minimum atomic E-state index is -1.24. The number of benzene rings is 1. The lowest BCUT2D eigenvalue weighted by Crippen LogP contribution is -2.49. The van der Waals surface area contributed by atoms with Gasteiger partial charge in [-0.3, -0.25) is 14.6 Å². The van der Waals surface area contributed by atoms with Crippen LogP contribution in [0, 0.1) is 5.41 Å². The van der Waals surface area contributed by atoms with Crippen molar-refractivity contribution in [1.82, 2.24) is 24.5 Å². The van der Waals surface area contributed by atoms with Gasteiger partial charge in [-0.05, 0) is 44.9 Å². The maximum Gasteiger partial charge on any atom is 0.233 e. The Morgan fingerprint density at radius 3 is 2.45 bits per heavy atom. The highest BCUT2D eigenvalue weighted by atomic mass is 16.5. The van der Waals surface area contributed by atoms with Crippen molar-refractivity contribution >= 4 is 28.8 Å². The van der Waals surface area contributed by atoms with Crippen LogP contribution in [-0.2, 0) is 4.79 Å². The number of carbonyl (C=O) groups excluding carboxylic acids is 2. The molecule has 0 atom stereocenters. The molecule has 230 valence electrons. The molecular formula is C32H37N7O5. The maximum atomic E-state index is 13.0. The normalized spacial score (nSPS) is 15.8. The number of rotatable bonds is 7. The van der Waals surface area contributed by atoms with E-state index in [4.69, 9.17) is 20.4 Å². The number of likely N-dealkylation sites (tertiary alicyclic amines) is 1. The van der Waals surface area contributed by atoms with Gasteiger partial charge in [-0.15, -0.1) is 0 Å². The van der Waals surface area contributed by atoms with E-state index >= 15 is 0 Å². The van der Waals surface area contributed by atoms with Crippen LogP contribution in [0.1, 0.15) is 48.7 Å². The molecule has 5 heterocycles. The second-order valence-corrected chi connectivity index (χ2v) is 11.9. The molecule has 0 bridgehead atoms. The number of anilines is 2. The second-order valence-electron chi connectivity index (χ2n) is 11.9. The summed E-state index contributed by atoms with van der Waals surface area (Å²) in [6.07, 6.45) is 4.57. The largest absolute Gasteiger partial charge is 0.490 e. The topological polar surface area (TPSA) is 159 Å². The number of aromatic nitrogens is 4. The van der Waals surface area contributed by atoms with E-state index in [1.54, 1.807) is 24.2 Å². The zero-order valence-electron chi connectivity index (χ0n) is 25.2. The SMILES string of the molecule is CC(=O)c1c(C2CCN(C(=O)C(C)(CO)CO)CC2)nc2c(-c3ccc(-c4ccc5c(c4)OCCN5C)nc3)cnn2c1N. The molecule has 2 aliphatic rings. The van der Waals surface area contributed by atoms with Gasteiger partial charge in [0.1, 0.15) is 18.2 Å². The Balaban J connectivity index is 1.30. The van der Waals surface area contributed by atoms with E-state index in [0.29, 0.717) is 49.4 Å². The molecule has 12 nitrogen and oxygen atoms in total. The van der Waals surface area contributed by atoms with Gasteiger partial charge in [0.2, 0.25) is 5.91 Å². The van der Waals surface area contributed by atoms with E-state index in [1.807, 2.05) is 37.4 Å². The minimum Gasteiger partial charge on any atom is -0.490 e.